The molecule has 0 N–H and O–H groups in total. The van der Waals surface area contributed by atoms with Gasteiger partial charge in [0.2, 0.25) is 0 Å². The van der Waals surface area contributed by atoms with Gasteiger partial charge < -0.3 is 9.64 Å². The summed E-state index contributed by atoms with van der Waals surface area (Å²) in [6.45, 7) is 6.34. The van der Waals surface area contributed by atoms with Crippen molar-refractivity contribution in [3.63, 3.8) is 0 Å². The van der Waals surface area contributed by atoms with E-state index in [0.29, 0.717) is 5.69 Å². The molecule has 112 valence electrons. The maximum atomic E-state index is 12.4. The molecule has 1 aromatic carbocycles. The van der Waals surface area contributed by atoms with Crippen molar-refractivity contribution in [2.75, 3.05) is 37.6 Å². The molecule has 0 unspecified atom stereocenters. The van der Waals surface area contributed by atoms with Crippen LogP contribution >= 0.6 is 0 Å². The van der Waals surface area contributed by atoms with Gasteiger partial charge in [0.05, 0.1) is 5.69 Å². The highest BCUT2D eigenvalue weighted by Crippen LogP contribution is 2.33. The first-order valence-corrected chi connectivity index (χ1v) is 6.81. The van der Waals surface area contributed by atoms with Crippen molar-refractivity contribution < 1.29 is 17.9 Å². The van der Waals surface area contributed by atoms with E-state index in [0.717, 1.165) is 39.1 Å². The van der Waals surface area contributed by atoms with Gasteiger partial charge in [-0.3, -0.25) is 4.90 Å². The number of rotatable bonds is 4. The Morgan fingerprint density at radius 3 is 2.35 bits per heavy atom. The van der Waals surface area contributed by atoms with Crippen molar-refractivity contribution >= 4 is 5.69 Å². The highest BCUT2D eigenvalue weighted by Gasteiger charge is 2.33. The van der Waals surface area contributed by atoms with E-state index in [1.165, 1.54) is 6.07 Å². The predicted molar refractivity (Wildman–Crippen MR) is 72.1 cm³/mol. The largest absolute Gasteiger partial charge is 0.573 e. The molecule has 3 nitrogen and oxygen atoms in total. The number of halogens is 3. The van der Waals surface area contributed by atoms with E-state index in [-0.39, 0.29) is 5.75 Å². The van der Waals surface area contributed by atoms with Crippen molar-refractivity contribution in [2.24, 2.45) is 0 Å². The zero-order valence-electron chi connectivity index (χ0n) is 11.5. The molecule has 6 heteroatoms. The fourth-order valence-electron chi connectivity index (χ4n) is 2.46. The summed E-state index contributed by atoms with van der Waals surface area (Å²) in [5.74, 6) is -0.121. The molecule has 20 heavy (non-hydrogen) atoms. The first-order valence-electron chi connectivity index (χ1n) is 6.81. The van der Waals surface area contributed by atoms with Crippen LogP contribution < -0.4 is 9.64 Å². The van der Waals surface area contributed by atoms with Crippen molar-refractivity contribution in [2.45, 2.75) is 19.7 Å². The molecule has 0 radical (unpaired) electrons. The number of benzene rings is 1. The van der Waals surface area contributed by atoms with Gasteiger partial charge in [0.25, 0.3) is 0 Å². The zero-order valence-corrected chi connectivity index (χ0v) is 11.5. The van der Waals surface area contributed by atoms with Crippen LogP contribution in [0.4, 0.5) is 18.9 Å². The zero-order chi connectivity index (χ0) is 14.6. The summed E-state index contributed by atoms with van der Waals surface area (Å²) < 4.78 is 41.3. The average molecular weight is 288 g/mol. The lowest BCUT2D eigenvalue weighted by molar-refractivity contribution is -0.274. The average Bonchev–Trinajstić information content (AvgIpc) is 2.39. The summed E-state index contributed by atoms with van der Waals surface area (Å²) in [6, 6.07) is 6.33. The van der Waals surface area contributed by atoms with Crippen molar-refractivity contribution in [1.29, 1.82) is 0 Å². The van der Waals surface area contributed by atoms with Gasteiger partial charge in [-0.15, -0.1) is 13.2 Å². The normalized spacial score (nSPS) is 17.3. The van der Waals surface area contributed by atoms with Crippen LogP contribution in [0.15, 0.2) is 24.3 Å². The van der Waals surface area contributed by atoms with Crippen LogP contribution in [0.1, 0.15) is 13.3 Å². The second-order valence-corrected chi connectivity index (χ2v) is 4.84. The molecule has 1 aliphatic rings. The standard InChI is InChI=1S/C14H19F3N2O/c1-2-7-18-8-10-19(11-9-18)12-5-3-4-6-13(12)20-14(15,16)17/h3-6H,2,7-11H2,1H3. The number of para-hydroxylation sites is 2. The number of nitrogens with zero attached hydrogens (tertiary/aromatic N) is 2. The molecule has 0 spiro atoms. The van der Waals surface area contributed by atoms with E-state index in [4.69, 9.17) is 0 Å². The van der Waals surface area contributed by atoms with Crippen LogP contribution in [0, 0.1) is 0 Å². The van der Waals surface area contributed by atoms with Gasteiger partial charge in [-0.1, -0.05) is 19.1 Å². The molecule has 0 bridgehead atoms. The number of hydrogen-bond acceptors (Lipinski definition) is 3. The third kappa shape index (κ3) is 4.03. The Morgan fingerprint density at radius 1 is 1.10 bits per heavy atom. The van der Waals surface area contributed by atoms with Crippen LogP contribution in [0.5, 0.6) is 5.75 Å². The second-order valence-electron chi connectivity index (χ2n) is 4.84. The van der Waals surface area contributed by atoms with E-state index in [2.05, 4.69) is 16.6 Å². The lowest BCUT2D eigenvalue weighted by Crippen LogP contribution is -2.46. The fraction of sp³-hybridized carbons (Fsp3) is 0.571. The summed E-state index contributed by atoms with van der Waals surface area (Å²) in [4.78, 5) is 4.27. The Bertz CT molecular complexity index is 429. The summed E-state index contributed by atoms with van der Waals surface area (Å²) in [7, 11) is 0. The Labute approximate surface area is 116 Å². The van der Waals surface area contributed by atoms with E-state index in [1.807, 2.05) is 4.90 Å². The van der Waals surface area contributed by atoms with Crippen LogP contribution in [-0.2, 0) is 0 Å². The third-order valence-corrected chi connectivity index (χ3v) is 3.34. The molecule has 0 saturated carbocycles. The second kappa shape index (κ2) is 6.35. The molecule has 0 aliphatic carbocycles. The highest BCUT2D eigenvalue weighted by molar-refractivity contribution is 5.58. The van der Waals surface area contributed by atoms with Gasteiger partial charge in [-0.05, 0) is 25.1 Å². The van der Waals surface area contributed by atoms with E-state index in [9.17, 15) is 13.2 Å². The van der Waals surface area contributed by atoms with E-state index in [1.54, 1.807) is 18.2 Å². The van der Waals surface area contributed by atoms with Crippen molar-refractivity contribution in [1.82, 2.24) is 4.90 Å². The van der Waals surface area contributed by atoms with Crippen molar-refractivity contribution in [3.05, 3.63) is 24.3 Å². The topological polar surface area (TPSA) is 15.7 Å². The van der Waals surface area contributed by atoms with Gasteiger partial charge in [-0.2, -0.15) is 0 Å². The maximum absolute atomic E-state index is 12.4. The van der Waals surface area contributed by atoms with Crippen LogP contribution in [-0.4, -0.2) is 44.0 Å². The monoisotopic (exact) mass is 288 g/mol. The number of alkyl halides is 3. The minimum absolute atomic E-state index is 0.121. The van der Waals surface area contributed by atoms with Gasteiger partial charge in [-0.25, -0.2) is 0 Å². The van der Waals surface area contributed by atoms with Crippen molar-refractivity contribution in [3.8, 4) is 5.75 Å². The van der Waals surface area contributed by atoms with Crippen LogP contribution in [0.3, 0.4) is 0 Å². The van der Waals surface area contributed by atoms with Crippen LogP contribution in [0.2, 0.25) is 0 Å². The van der Waals surface area contributed by atoms with E-state index >= 15 is 0 Å². The van der Waals surface area contributed by atoms with Crippen LogP contribution in [0.25, 0.3) is 0 Å². The molecule has 0 aromatic heterocycles. The molecule has 0 amide bonds. The Morgan fingerprint density at radius 2 is 1.75 bits per heavy atom. The molecule has 1 aliphatic heterocycles. The molecule has 1 saturated heterocycles. The maximum Gasteiger partial charge on any atom is 0.573 e. The third-order valence-electron chi connectivity index (χ3n) is 3.34. The molecule has 1 aromatic rings. The van der Waals surface area contributed by atoms with Gasteiger partial charge >= 0.3 is 6.36 Å². The fourth-order valence-corrected chi connectivity index (χ4v) is 2.46. The summed E-state index contributed by atoms with van der Waals surface area (Å²) in [6.07, 6.45) is -3.56. The smallest absolute Gasteiger partial charge is 0.404 e. The number of piperazine rings is 1. The van der Waals surface area contributed by atoms with Gasteiger partial charge in [0.15, 0.2) is 5.75 Å². The minimum atomic E-state index is -4.65. The molecule has 0 atom stereocenters. The van der Waals surface area contributed by atoms with Gasteiger partial charge in [0, 0.05) is 26.2 Å². The lowest BCUT2D eigenvalue weighted by atomic mass is 10.2. The summed E-state index contributed by atoms with van der Waals surface area (Å²) in [5, 5.41) is 0. The Kier molecular flexibility index (Phi) is 4.75. The van der Waals surface area contributed by atoms with Gasteiger partial charge in [0.1, 0.15) is 0 Å². The Balaban J connectivity index is 2.06. The summed E-state index contributed by atoms with van der Waals surface area (Å²) in [5.41, 5.74) is 0.515. The molecule has 1 fully saturated rings. The number of anilines is 1. The first kappa shape index (κ1) is 15.0. The quantitative estimate of drug-likeness (QED) is 0.846. The molecule has 1 heterocycles. The first-order chi connectivity index (χ1) is 9.49. The van der Waals surface area contributed by atoms with E-state index < -0.39 is 6.36 Å². The summed E-state index contributed by atoms with van der Waals surface area (Å²) >= 11 is 0. The molecular formula is C14H19F3N2O. The highest BCUT2D eigenvalue weighted by atomic mass is 19.4. The molecule has 2 rings (SSSR count). The SMILES string of the molecule is CCCN1CCN(c2ccccc2OC(F)(F)F)CC1. The molecular weight excluding hydrogens is 269 g/mol. The predicted octanol–water partition coefficient (Wildman–Crippen LogP) is 3.12. The Hall–Kier alpha value is -1.43. The minimum Gasteiger partial charge on any atom is -0.404 e. The lowest BCUT2D eigenvalue weighted by Gasteiger charge is -2.36. The number of hydrogen-bond donors (Lipinski definition) is 0. The number of ether oxygens (including phenoxy) is 1.